The molecular weight excluding hydrogens is 212 g/mol. The number of ether oxygens (including phenoxy) is 1. The van der Waals surface area contributed by atoms with E-state index >= 15 is 0 Å². The number of anilines is 1. The predicted molar refractivity (Wildman–Crippen MR) is 73.5 cm³/mol. The average molecular weight is 236 g/mol. The number of benzene rings is 1. The molecule has 1 aromatic rings. The highest BCUT2D eigenvalue weighted by atomic mass is 16.5. The number of hydrogen-bond acceptors (Lipinski definition) is 3. The molecule has 0 radical (unpaired) electrons. The second-order valence-corrected chi connectivity index (χ2v) is 5.57. The summed E-state index contributed by atoms with van der Waals surface area (Å²) in [5.74, 6) is 0.871. The lowest BCUT2D eigenvalue weighted by atomic mass is 9.88. The van der Waals surface area contributed by atoms with Crippen molar-refractivity contribution in [3.05, 3.63) is 24.3 Å². The minimum absolute atomic E-state index is 0.281. The van der Waals surface area contributed by atoms with E-state index in [4.69, 9.17) is 10.5 Å². The van der Waals surface area contributed by atoms with E-state index in [1.165, 1.54) is 0 Å². The zero-order valence-corrected chi connectivity index (χ0v) is 11.3. The van der Waals surface area contributed by atoms with Crippen LogP contribution in [0.5, 0.6) is 5.75 Å². The fourth-order valence-corrected chi connectivity index (χ4v) is 1.86. The second kappa shape index (κ2) is 5.92. The first-order valence-corrected chi connectivity index (χ1v) is 6.05. The SMILES string of the molecule is COc1ccc(NC(CN)CC(C)(C)C)cc1. The van der Waals surface area contributed by atoms with Crippen molar-refractivity contribution in [2.24, 2.45) is 11.1 Å². The molecule has 3 heteroatoms. The first kappa shape index (κ1) is 13.8. The van der Waals surface area contributed by atoms with Crippen molar-refractivity contribution in [3.63, 3.8) is 0 Å². The molecule has 0 aliphatic heterocycles. The van der Waals surface area contributed by atoms with E-state index in [-0.39, 0.29) is 5.41 Å². The molecule has 17 heavy (non-hydrogen) atoms. The second-order valence-electron chi connectivity index (χ2n) is 5.57. The Labute approximate surface area is 104 Å². The van der Waals surface area contributed by atoms with Crippen LogP contribution >= 0.6 is 0 Å². The van der Waals surface area contributed by atoms with Gasteiger partial charge in [-0.1, -0.05) is 20.8 Å². The molecule has 0 heterocycles. The molecule has 1 aromatic carbocycles. The fraction of sp³-hybridized carbons (Fsp3) is 0.571. The van der Waals surface area contributed by atoms with Crippen molar-refractivity contribution in [1.29, 1.82) is 0 Å². The lowest BCUT2D eigenvalue weighted by Gasteiger charge is -2.26. The third-order valence-corrected chi connectivity index (χ3v) is 2.60. The Morgan fingerprint density at radius 2 is 1.82 bits per heavy atom. The van der Waals surface area contributed by atoms with Crippen LogP contribution in [0.2, 0.25) is 0 Å². The van der Waals surface area contributed by atoms with Gasteiger partial charge in [0.1, 0.15) is 5.75 Å². The zero-order chi connectivity index (χ0) is 12.9. The minimum atomic E-state index is 0.281. The third kappa shape index (κ3) is 5.09. The monoisotopic (exact) mass is 236 g/mol. The highest BCUT2D eigenvalue weighted by molar-refractivity contribution is 5.47. The van der Waals surface area contributed by atoms with E-state index in [0.717, 1.165) is 17.9 Å². The normalized spacial score (nSPS) is 13.2. The molecule has 0 fully saturated rings. The molecule has 3 N–H and O–H groups in total. The molecule has 1 unspecified atom stereocenters. The molecule has 1 rings (SSSR count). The summed E-state index contributed by atoms with van der Waals surface area (Å²) in [5.41, 5.74) is 7.17. The smallest absolute Gasteiger partial charge is 0.119 e. The molecule has 0 aliphatic carbocycles. The molecule has 0 aromatic heterocycles. The number of hydrogen-bond donors (Lipinski definition) is 2. The van der Waals surface area contributed by atoms with Gasteiger partial charge in [0.2, 0.25) is 0 Å². The molecule has 0 saturated carbocycles. The first-order chi connectivity index (χ1) is 7.94. The van der Waals surface area contributed by atoms with Crippen molar-refractivity contribution in [3.8, 4) is 5.75 Å². The zero-order valence-electron chi connectivity index (χ0n) is 11.3. The quantitative estimate of drug-likeness (QED) is 0.826. The van der Waals surface area contributed by atoms with Gasteiger partial charge in [-0.2, -0.15) is 0 Å². The third-order valence-electron chi connectivity index (χ3n) is 2.60. The van der Waals surface area contributed by atoms with Crippen LogP contribution in [0, 0.1) is 5.41 Å². The summed E-state index contributed by atoms with van der Waals surface area (Å²) in [5, 5.41) is 3.46. The van der Waals surface area contributed by atoms with E-state index in [9.17, 15) is 0 Å². The lowest BCUT2D eigenvalue weighted by Crippen LogP contribution is -2.32. The molecule has 0 amide bonds. The van der Waals surface area contributed by atoms with Crippen LogP contribution in [0.25, 0.3) is 0 Å². The summed E-state index contributed by atoms with van der Waals surface area (Å²) in [6.07, 6.45) is 1.05. The van der Waals surface area contributed by atoms with Gasteiger partial charge in [0.25, 0.3) is 0 Å². The van der Waals surface area contributed by atoms with Crippen molar-refractivity contribution >= 4 is 5.69 Å². The summed E-state index contributed by atoms with van der Waals surface area (Å²) in [6.45, 7) is 7.32. The molecule has 0 bridgehead atoms. The number of nitrogens with one attached hydrogen (secondary N) is 1. The van der Waals surface area contributed by atoms with Crippen molar-refractivity contribution in [2.75, 3.05) is 19.0 Å². The van der Waals surface area contributed by atoms with Crippen molar-refractivity contribution < 1.29 is 4.74 Å². The molecule has 0 spiro atoms. The molecule has 96 valence electrons. The Balaban J connectivity index is 2.61. The molecule has 1 atom stereocenters. The van der Waals surface area contributed by atoms with Gasteiger partial charge < -0.3 is 15.8 Å². The highest BCUT2D eigenvalue weighted by Crippen LogP contribution is 2.23. The standard InChI is InChI=1S/C14H24N2O/c1-14(2,3)9-12(10-15)16-11-5-7-13(17-4)8-6-11/h5-8,12,16H,9-10,15H2,1-4H3. The van der Waals surface area contributed by atoms with E-state index < -0.39 is 0 Å². The molecule has 0 saturated heterocycles. The van der Waals surface area contributed by atoms with E-state index in [1.54, 1.807) is 7.11 Å². The highest BCUT2D eigenvalue weighted by Gasteiger charge is 2.17. The van der Waals surface area contributed by atoms with Crippen LogP contribution in [-0.2, 0) is 0 Å². The summed E-state index contributed by atoms with van der Waals surface area (Å²) in [7, 11) is 1.67. The Kier molecular flexibility index (Phi) is 4.82. The summed E-state index contributed by atoms with van der Waals surface area (Å²) >= 11 is 0. The maximum absolute atomic E-state index is 5.80. The Morgan fingerprint density at radius 3 is 2.24 bits per heavy atom. The molecule has 3 nitrogen and oxygen atoms in total. The average Bonchev–Trinajstić information content (AvgIpc) is 2.27. The largest absolute Gasteiger partial charge is 0.497 e. The maximum Gasteiger partial charge on any atom is 0.119 e. The topological polar surface area (TPSA) is 47.3 Å². The lowest BCUT2D eigenvalue weighted by molar-refractivity contribution is 0.351. The maximum atomic E-state index is 5.80. The van der Waals surface area contributed by atoms with Crippen molar-refractivity contribution in [2.45, 2.75) is 33.2 Å². The van der Waals surface area contributed by atoms with Crippen LogP contribution in [0.1, 0.15) is 27.2 Å². The van der Waals surface area contributed by atoms with E-state index in [0.29, 0.717) is 12.6 Å². The van der Waals surface area contributed by atoms with Gasteiger partial charge in [-0.05, 0) is 36.1 Å². The minimum Gasteiger partial charge on any atom is -0.497 e. The van der Waals surface area contributed by atoms with E-state index in [1.807, 2.05) is 24.3 Å². The van der Waals surface area contributed by atoms with Crippen LogP contribution < -0.4 is 15.8 Å². The van der Waals surface area contributed by atoms with Gasteiger partial charge in [-0.25, -0.2) is 0 Å². The van der Waals surface area contributed by atoms with Crippen LogP contribution in [0.15, 0.2) is 24.3 Å². The van der Waals surface area contributed by atoms with Crippen molar-refractivity contribution in [1.82, 2.24) is 0 Å². The number of rotatable bonds is 5. The predicted octanol–water partition coefficient (Wildman–Crippen LogP) is 2.87. The van der Waals surface area contributed by atoms with Gasteiger partial charge in [0, 0.05) is 18.3 Å². The van der Waals surface area contributed by atoms with Crippen LogP contribution in [0.4, 0.5) is 5.69 Å². The van der Waals surface area contributed by atoms with Gasteiger partial charge in [0.05, 0.1) is 7.11 Å². The Bertz CT molecular complexity index is 327. The van der Waals surface area contributed by atoms with Gasteiger partial charge in [-0.15, -0.1) is 0 Å². The molecule has 0 aliphatic rings. The van der Waals surface area contributed by atoms with Gasteiger partial charge >= 0.3 is 0 Å². The fourth-order valence-electron chi connectivity index (χ4n) is 1.86. The van der Waals surface area contributed by atoms with Gasteiger partial charge in [-0.3, -0.25) is 0 Å². The summed E-state index contributed by atoms with van der Waals surface area (Å²) < 4.78 is 5.13. The van der Waals surface area contributed by atoms with E-state index in [2.05, 4.69) is 26.1 Å². The first-order valence-electron chi connectivity index (χ1n) is 6.05. The van der Waals surface area contributed by atoms with Crippen LogP contribution in [0.3, 0.4) is 0 Å². The van der Waals surface area contributed by atoms with Crippen LogP contribution in [-0.4, -0.2) is 19.7 Å². The summed E-state index contributed by atoms with van der Waals surface area (Å²) in [6, 6.07) is 8.25. The Hall–Kier alpha value is -1.22. The number of nitrogens with two attached hydrogens (primary N) is 1. The number of methoxy groups -OCH3 is 1. The summed E-state index contributed by atoms with van der Waals surface area (Å²) in [4.78, 5) is 0. The van der Waals surface area contributed by atoms with Gasteiger partial charge in [0.15, 0.2) is 0 Å². The Morgan fingerprint density at radius 1 is 1.24 bits per heavy atom. The molecular formula is C14H24N2O.